The van der Waals surface area contributed by atoms with Gasteiger partial charge in [-0.25, -0.2) is 0 Å². The van der Waals surface area contributed by atoms with E-state index in [2.05, 4.69) is 33.0 Å². The molecule has 1 aromatic rings. The quantitative estimate of drug-likeness (QED) is 0.806. The minimum absolute atomic E-state index is 0.195. The van der Waals surface area contributed by atoms with Crippen molar-refractivity contribution in [3.05, 3.63) is 22.6 Å². The van der Waals surface area contributed by atoms with Gasteiger partial charge in [0.2, 0.25) is 0 Å². The van der Waals surface area contributed by atoms with Crippen molar-refractivity contribution in [3.8, 4) is 0 Å². The molecule has 0 spiro atoms. The number of nitrogens with one attached hydrogen (secondary N) is 1. The smallest absolute Gasteiger partial charge is 0.106 e. The number of rotatable bonds is 2. The first-order valence-corrected chi connectivity index (χ1v) is 5.52. The predicted molar refractivity (Wildman–Crippen MR) is 64.2 cm³/mol. The zero-order valence-electron chi connectivity index (χ0n) is 11.0. The highest BCUT2D eigenvalue weighted by atomic mass is 16.3. The number of hydrogen-bond donors (Lipinski definition) is 1. The molecule has 0 aliphatic heterocycles. The molecule has 0 amide bonds. The average Bonchev–Trinajstić information content (AvgIpc) is 2.30. The SMILES string of the molecule is CNC(c1c(C)oc(C)c1C)C(C)(C)C. The molecule has 1 N–H and O–H groups in total. The summed E-state index contributed by atoms with van der Waals surface area (Å²) >= 11 is 0. The van der Waals surface area contributed by atoms with E-state index >= 15 is 0 Å². The molecule has 0 bridgehead atoms. The van der Waals surface area contributed by atoms with Crippen molar-refractivity contribution in [2.24, 2.45) is 5.41 Å². The lowest BCUT2D eigenvalue weighted by molar-refractivity contribution is 0.283. The van der Waals surface area contributed by atoms with Crippen LogP contribution in [-0.2, 0) is 0 Å². The summed E-state index contributed by atoms with van der Waals surface area (Å²) in [5.41, 5.74) is 2.80. The highest BCUT2D eigenvalue weighted by Crippen LogP contribution is 2.37. The molecule has 1 atom stereocenters. The first-order chi connectivity index (χ1) is 6.79. The van der Waals surface area contributed by atoms with Crippen LogP contribution in [0.25, 0.3) is 0 Å². The normalized spacial score (nSPS) is 14.3. The van der Waals surface area contributed by atoms with Crippen molar-refractivity contribution < 1.29 is 4.42 Å². The molecule has 1 rings (SSSR count). The van der Waals surface area contributed by atoms with Gasteiger partial charge in [-0.2, -0.15) is 0 Å². The molecule has 86 valence electrons. The molecule has 1 heterocycles. The Morgan fingerprint density at radius 1 is 1.07 bits per heavy atom. The van der Waals surface area contributed by atoms with E-state index in [4.69, 9.17) is 4.42 Å². The topological polar surface area (TPSA) is 25.2 Å². The van der Waals surface area contributed by atoms with Crippen LogP contribution in [0.4, 0.5) is 0 Å². The minimum Gasteiger partial charge on any atom is -0.466 e. The molecule has 0 aliphatic carbocycles. The zero-order chi connectivity index (χ0) is 11.8. The lowest BCUT2D eigenvalue weighted by Crippen LogP contribution is -2.30. The van der Waals surface area contributed by atoms with E-state index < -0.39 is 0 Å². The summed E-state index contributed by atoms with van der Waals surface area (Å²) in [7, 11) is 2.01. The maximum Gasteiger partial charge on any atom is 0.106 e. The molecule has 0 saturated heterocycles. The van der Waals surface area contributed by atoms with Crippen molar-refractivity contribution in [1.82, 2.24) is 5.32 Å². The van der Waals surface area contributed by atoms with Crippen molar-refractivity contribution in [2.45, 2.75) is 47.6 Å². The molecular formula is C13H23NO. The lowest BCUT2D eigenvalue weighted by Gasteiger charge is -2.31. The van der Waals surface area contributed by atoms with E-state index in [9.17, 15) is 0 Å². The van der Waals surface area contributed by atoms with Gasteiger partial charge in [0.05, 0.1) is 0 Å². The molecule has 0 saturated carbocycles. The van der Waals surface area contributed by atoms with Crippen LogP contribution in [0.15, 0.2) is 4.42 Å². The van der Waals surface area contributed by atoms with Gasteiger partial charge in [-0.1, -0.05) is 20.8 Å². The predicted octanol–water partition coefficient (Wildman–Crippen LogP) is 3.51. The van der Waals surface area contributed by atoms with Gasteiger partial charge >= 0.3 is 0 Å². The Hall–Kier alpha value is -0.760. The van der Waals surface area contributed by atoms with Crippen molar-refractivity contribution in [2.75, 3.05) is 7.05 Å². The lowest BCUT2D eigenvalue weighted by atomic mass is 9.81. The van der Waals surface area contributed by atoms with Crippen LogP contribution in [0.3, 0.4) is 0 Å². The second kappa shape index (κ2) is 4.01. The Bertz CT molecular complexity index is 344. The molecule has 15 heavy (non-hydrogen) atoms. The van der Waals surface area contributed by atoms with Gasteiger partial charge in [0.15, 0.2) is 0 Å². The van der Waals surface area contributed by atoms with Crippen molar-refractivity contribution >= 4 is 0 Å². The molecular weight excluding hydrogens is 186 g/mol. The molecule has 2 nitrogen and oxygen atoms in total. The molecule has 0 aromatic carbocycles. The van der Waals surface area contributed by atoms with E-state index in [1.807, 2.05) is 20.9 Å². The second-order valence-corrected chi connectivity index (χ2v) is 5.34. The van der Waals surface area contributed by atoms with Gasteiger partial charge in [0, 0.05) is 11.6 Å². The van der Waals surface area contributed by atoms with Crippen LogP contribution < -0.4 is 5.32 Å². The molecule has 1 unspecified atom stereocenters. The third-order valence-corrected chi connectivity index (χ3v) is 3.06. The van der Waals surface area contributed by atoms with Crippen molar-refractivity contribution in [1.29, 1.82) is 0 Å². The maximum absolute atomic E-state index is 5.68. The second-order valence-electron chi connectivity index (χ2n) is 5.34. The monoisotopic (exact) mass is 209 g/mol. The number of furan rings is 1. The third-order valence-electron chi connectivity index (χ3n) is 3.06. The van der Waals surface area contributed by atoms with Crippen LogP contribution >= 0.6 is 0 Å². The summed E-state index contributed by atoms with van der Waals surface area (Å²) < 4.78 is 5.68. The number of hydrogen-bond acceptors (Lipinski definition) is 2. The van der Waals surface area contributed by atoms with Crippen LogP contribution in [0.2, 0.25) is 0 Å². The Morgan fingerprint density at radius 2 is 1.60 bits per heavy atom. The fraction of sp³-hybridized carbons (Fsp3) is 0.692. The highest BCUT2D eigenvalue weighted by Gasteiger charge is 2.29. The van der Waals surface area contributed by atoms with Gasteiger partial charge in [-0.3, -0.25) is 0 Å². The first kappa shape index (κ1) is 12.3. The Labute approximate surface area is 93.1 Å². The van der Waals surface area contributed by atoms with Gasteiger partial charge in [-0.15, -0.1) is 0 Å². The highest BCUT2D eigenvalue weighted by molar-refractivity contribution is 5.35. The van der Waals surface area contributed by atoms with Gasteiger partial charge in [0.1, 0.15) is 11.5 Å². The van der Waals surface area contributed by atoms with E-state index in [0.717, 1.165) is 11.5 Å². The first-order valence-electron chi connectivity index (χ1n) is 5.52. The zero-order valence-corrected chi connectivity index (χ0v) is 11.0. The average molecular weight is 209 g/mol. The molecule has 1 aromatic heterocycles. The summed E-state index contributed by atoms with van der Waals surface area (Å²) in [4.78, 5) is 0. The summed E-state index contributed by atoms with van der Waals surface area (Å²) in [5.74, 6) is 2.08. The molecule has 0 radical (unpaired) electrons. The van der Waals surface area contributed by atoms with E-state index in [-0.39, 0.29) is 5.41 Å². The summed E-state index contributed by atoms with van der Waals surface area (Å²) in [6.45, 7) is 12.9. The summed E-state index contributed by atoms with van der Waals surface area (Å²) in [6, 6.07) is 0.343. The van der Waals surface area contributed by atoms with E-state index in [0.29, 0.717) is 6.04 Å². The largest absolute Gasteiger partial charge is 0.466 e. The fourth-order valence-electron chi connectivity index (χ4n) is 2.24. The maximum atomic E-state index is 5.68. The van der Waals surface area contributed by atoms with Gasteiger partial charge < -0.3 is 9.73 Å². The molecule has 2 heteroatoms. The van der Waals surface area contributed by atoms with Crippen LogP contribution in [0, 0.1) is 26.2 Å². The summed E-state index contributed by atoms with van der Waals surface area (Å²) in [5, 5.41) is 3.39. The Kier molecular flexibility index (Phi) is 3.29. The van der Waals surface area contributed by atoms with Crippen molar-refractivity contribution in [3.63, 3.8) is 0 Å². The van der Waals surface area contributed by atoms with Gasteiger partial charge in [0.25, 0.3) is 0 Å². The fourth-order valence-corrected chi connectivity index (χ4v) is 2.24. The molecule has 0 fully saturated rings. The minimum atomic E-state index is 0.195. The van der Waals surface area contributed by atoms with Crippen LogP contribution in [0.5, 0.6) is 0 Å². The Morgan fingerprint density at radius 3 is 1.87 bits per heavy atom. The standard InChI is InChI=1S/C13H23NO/c1-8-9(2)15-10(3)11(8)12(14-7)13(4,5)6/h12,14H,1-7H3. The van der Waals surface area contributed by atoms with Crippen LogP contribution in [-0.4, -0.2) is 7.05 Å². The summed E-state index contributed by atoms with van der Waals surface area (Å²) in [6.07, 6.45) is 0. The number of aryl methyl sites for hydroxylation is 2. The van der Waals surface area contributed by atoms with Crippen LogP contribution in [0.1, 0.15) is 49.5 Å². The molecule has 0 aliphatic rings. The Balaban J connectivity index is 3.24. The van der Waals surface area contributed by atoms with Gasteiger partial charge in [-0.05, 0) is 38.8 Å². The van der Waals surface area contributed by atoms with E-state index in [1.54, 1.807) is 0 Å². The van der Waals surface area contributed by atoms with E-state index in [1.165, 1.54) is 11.1 Å². The third kappa shape index (κ3) is 2.25.